The first kappa shape index (κ1) is 19.4. The van der Waals surface area contributed by atoms with Gasteiger partial charge in [-0.1, -0.05) is 12.1 Å². The van der Waals surface area contributed by atoms with Crippen LogP contribution in [0.4, 0.5) is 0 Å². The van der Waals surface area contributed by atoms with Crippen molar-refractivity contribution in [2.75, 3.05) is 32.8 Å². The molecule has 2 aromatic rings. The molecule has 3 aliphatic rings. The van der Waals surface area contributed by atoms with Gasteiger partial charge in [-0.25, -0.2) is 0 Å². The second-order valence-corrected chi connectivity index (χ2v) is 8.59. The van der Waals surface area contributed by atoms with Crippen molar-refractivity contribution >= 4 is 22.6 Å². The zero-order chi connectivity index (χ0) is 20.5. The Hall–Kier alpha value is -2.60. The molecule has 1 unspecified atom stereocenters. The molecule has 0 bridgehead atoms. The van der Waals surface area contributed by atoms with E-state index in [9.17, 15) is 9.59 Å². The summed E-state index contributed by atoms with van der Waals surface area (Å²) in [5.41, 5.74) is 1.09. The van der Waals surface area contributed by atoms with Crippen LogP contribution in [0.25, 0.3) is 10.8 Å². The van der Waals surface area contributed by atoms with Crippen molar-refractivity contribution in [2.24, 2.45) is 5.92 Å². The van der Waals surface area contributed by atoms with Crippen LogP contribution in [0.1, 0.15) is 43.6 Å². The van der Waals surface area contributed by atoms with E-state index in [2.05, 4.69) is 28.4 Å². The molecule has 30 heavy (non-hydrogen) atoms. The highest BCUT2D eigenvalue weighted by molar-refractivity contribution is 6.00. The molecule has 6 heteroatoms. The van der Waals surface area contributed by atoms with Gasteiger partial charge in [-0.2, -0.15) is 0 Å². The first-order chi connectivity index (χ1) is 14.7. The highest BCUT2D eigenvalue weighted by Gasteiger charge is 2.39. The Labute approximate surface area is 176 Å². The van der Waals surface area contributed by atoms with Crippen molar-refractivity contribution in [1.29, 1.82) is 0 Å². The number of ether oxygens (including phenoxy) is 2. The molecule has 2 amide bonds. The predicted molar refractivity (Wildman–Crippen MR) is 114 cm³/mol. The Morgan fingerprint density at radius 2 is 1.97 bits per heavy atom. The van der Waals surface area contributed by atoms with Gasteiger partial charge in [0.2, 0.25) is 11.8 Å². The van der Waals surface area contributed by atoms with Gasteiger partial charge < -0.3 is 14.4 Å². The average Bonchev–Trinajstić information content (AvgIpc) is 3.41. The quantitative estimate of drug-likeness (QED) is 0.587. The minimum Gasteiger partial charge on any atom is -0.494 e. The van der Waals surface area contributed by atoms with Crippen molar-refractivity contribution in [1.82, 2.24) is 10.2 Å². The largest absolute Gasteiger partial charge is 0.494 e. The molecule has 2 fully saturated rings. The van der Waals surface area contributed by atoms with Crippen molar-refractivity contribution in [3.63, 3.8) is 0 Å². The maximum absolute atomic E-state index is 12.4. The summed E-state index contributed by atoms with van der Waals surface area (Å²) in [6.07, 6.45) is 4.64. The first-order valence-electron chi connectivity index (χ1n) is 11.1. The van der Waals surface area contributed by atoms with E-state index in [0.29, 0.717) is 19.4 Å². The van der Waals surface area contributed by atoms with E-state index in [1.807, 2.05) is 12.1 Å². The number of imide groups is 1. The van der Waals surface area contributed by atoms with Crippen LogP contribution in [0.3, 0.4) is 0 Å². The zero-order valence-corrected chi connectivity index (χ0v) is 17.2. The SMILES string of the molecule is O=C1CC[C@H](C2COc3ccc4cc(OCCCN5CCCC5)ccc4c32)C(=O)N1. The summed E-state index contributed by atoms with van der Waals surface area (Å²) < 4.78 is 11.9. The van der Waals surface area contributed by atoms with Gasteiger partial charge in [0.05, 0.1) is 13.2 Å². The number of rotatable bonds is 6. The normalized spacial score (nSPS) is 24.0. The Kier molecular flexibility index (Phi) is 5.34. The number of carbonyl (C=O) groups excluding carboxylic acids is 2. The molecule has 2 atom stereocenters. The van der Waals surface area contributed by atoms with Gasteiger partial charge in [0, 0.05) is 30.4 Å². The van der Waals surface area contributed by atoms with Crippen molar-refractivity contribution in [2.45, 2.75) is 38.0 Å². The second kappa shape index (κ2) is 8.26. The summed E-state index contributed by atoms with van der Waals surface area (Å²) in [5.74, 6) is 1.11. The van der Waals surface area contributed by atoms with Gasteiger partial charge in [0.15, 0.2) is 0 Å². The first-order valence-corrected chi connectivity index (χ1v) is 11.1. The van der Waals surface area contributed by atoms with E-state index in [1.165, 1.54) is 25.9 Å². The molecular weight excluding hydrogens is 380 g/mol. The number of piperidine rings is 1. The third-order valence-corrected chi connectivity index (χ3v) is 6.64. The number of amides is 2. The Balaban J connectivity index is 1.31. The maximum atomic E-state index is 12.4. The Bertz CT molecular complexity index is 967. The predicted octanol–water partition coefficient (Wildman–Crippen LogP) is 3.23. The second-order valence-electron chi connectivity index (χ2n) is 8.59. The third-order valence-electron chi connectivity index (χ3n) is 6.64. The fraction of sp³-hybridized carbons (Fsp3) is 0.500. The summed E-state index contributed by atoms with van der Waals surface area (Å²) >= 11 is 0. The smallest absolute Gasteiger partial charge is 0.230 e. The summed E-state index contributed by atoms with van der Waals surface area (Å²) in [6, 6.07) is 10.2. The molecule has 0 saturated carbocycles. The highest BCUT2D eigenvalue weighted by atomic mass is 16.5. The van der Waals surface area contributed by atoms with Crippen LogP contribution in [0, 0.1) is 5.92 Å². The van der Waals surface area contributed by atoms with E-state index in [-0.39, 0.29) is 23.7 Å². The number of nitrogens with one attached hydrogen (secondary N) is 1. The number of fused-ring (bicyclic) bond motifs is 3. The van der Waals surface area contributed by atoms with E-state index < -0.39 is 0 Å². The van der Waals surface area contributed by atoms with Crippen LogP contribution in [0.2, 0.25) is 0 Å². The molecule has 3 aliphatic heterocycles. The molecular formula is C24H28N2O4. The number of carbonyl (C=O) groups is 2. The number of hydrogen-bond donors (Lipinski definition) is 1. The molecule has 2 saturated heterocycles. The molecule has 0 spiro atoms. The molecule has 5 rings (SSSR count). The number of hydrogen-bond acceptors (Lipinski definition) is 5. The molecule has 0 aromatic heterocycles. The molecule has 1 N–H and O–H groups in total. The summed E-state index contributed by atoms with van der Waals surface area (Å²) in [5, 5.41) is 4.68. The lowest BCUT2D eigenvalue weighted by molar-refractivity contribution is -0.137. The van der Waals surface area contributed by atoms with Crippen LogP contribution >= 0.6 is 0 Å². The van der Waals surface area contributed by atoms with Crippen molar-refractivity contribution in [3.05, 3.63) is 35.9 Å². The van der Waals surface area contributed by atoms with Crippen molar-refractivity contribution < 1.29 is 19.1 Å². The van der Waals surface area contributed by atoms with Crippen LogP contribution in [-0.4, -0.2) is 49.6 Å². The monoisotopic (exact) mass is 408 g/mol. The van der Waals surface area contributed by atoms with Crippen LogP contribution < -0.4 is 14.8 Å². The minimum absolute atomic E-state index is 0.0240. The van der Waals surface area contributed by atoms with E-state index >= 15 is 0 Å². The molecule has 0 aliphatic carbocycles. The van der Waals surface area contributed by atoms with E-state index in [4.69, 9.17) is 9.47 Å². The standard InChI is InChI=1S/C24H28N2O4/c27-22-9-7-19(24(28)25-22)20-15-30-21-8-4-16-14-17(5-6-18(16)23(20)21)29-13-3-12-26-10-1-2-11-26/h4-6,8,14,19-20H,1-3,7,9-13,15H2,(H,25,27,28)/t19-,20?/m1/s1. The summed E-state index contributed by atoms with van der Waals surface area (Å²) in [4.78, 5) is 26.5. The topological polar surface area (TPSA) is 67.9 Å². The number of nitrogens with zero attached hydrogens (tertiary/aromatic N) is 1. The molecule has 6 nitrogen and oxygen atoms in total. The van der Waals surface area contributed by atoms with E-state index in [1.54, 1.807) is 0 Å². The van der Waals surface area contributed by atoms with E-state index in [0.717, 1.165) is 47.4 Å². The van der Waals surface area contributed by atoms with Gasteiger partial charge in [-0.3, -0.25) is 14.9 Å². The molecule has 158 valence electrons. The fourth-order valence-corrected chi connectivity index (χ4v) is 5.07. The van der Waals surface area contributed by atoms with Gasteiger partial charge >= 0.3 is 0 Å². The third kappa shape index (κ3) is 3.76. The van der Waals surface area contributed by atoms with Crippen LogP contribution in [0.15, 0.2) is 30.3 Å². The Morgan fingerprint density at radius 3 is 2.80 bits per heavy atom. The maximum Gasteiger partial charge on any atom is 0.230 e. The van der Waals surface area contributed by atoms with Gasteiger partial charge in [0.1, 0.15) is 11.5 Å². The average molecular weight is 408 g/mol. The fourth-order valence-electron chi connectivity index (χ4n) is 5.07. The minimum atomic E-state index is -0.226. The summed E-state index contributed by atoms with van der Waals surface area (Å²) in [7, 11) is 0. The van der Waals surface area contributed by atoms with Crippen LogP contribution in [0.5, 0.6) is 11.5 Å². The van der Waals surface area contributed by atoms with Gasteiger partial charge in [-0.15, -0.1) is 0 Å². The molecule has 0 radical (unpaired) electrons. The lowest BCUT2D eigenvalue weighted by atomic mass is 9.80. The van der Waals surface area contributed by atoms with Crippen molar-refractivity contribution in [3.8, 4) is 11.5 Å². The lowest BCUT2D eigenvalue weighted by Gasteiger charge is -2.25. The van der Waals surface area contributed by atoms with Gasteiger partial charge in [-0.05, 0) is 67.7 Å². The number of likely N-dealkylation sites (tertiary alicyclic amines) is 1. The van der Waals surface area contributed by atoms with Gasteiger partial charge in [0.25, 0.3) is 0 Å². The molecule has 3 heterocycles. The van der Waals surface area contributed by atoms with Crippen LogP contribution in [-0.2, 0) is 9.59 Å². The summed E-state index contributed by atoms with van der Waals surface area (Å²) in [6.45, 7) is 4.74. The Morgan fingerprint density at radius 1 is 1.10 bits per heavy atom. The number of benzene rings is 2. The lowest BCUT2D eigenvalue weighted by Crippen LogP contribution is -2.43. The highest BCUT2D eigenvalue weighted by Crippen LogP contribution is 2.45. The zero-order valence-electron chi connectivity index (χ0n) is 17.2. The molecule has 2 aromatic carbocycles.